The first-order valence-corrected chi connectivity index (χ1v) is 8.63. The number of amides is 1. The summed E-state index contributed by atoms with van der Waals surface area (Å²) in [5.41, 5.74) is 7.74. The van der Waals surface area contributed by atoms with E-state index < -0.39 is 0 Å². The number of aryl methyl sites for hydroxylation is 1. The standard InChI is InChI=1S/C18H22ClN3O2/c1-11(20)13-6-5-9-22(10-13)18(23)16-12(2)24-21-17(16)14-7-3-4-8-15(14)19/h3-4,7-8,11,13H,5-6,9-10,20H2,1-2H3. The fraction of sp³-hybridized carbons (Fsp3) is 0.444. The summed E-state index contributed by atoms with van der Waals surface area (Å²) in [6.07, 6.45) is 2.02. The average molecular weight is 348 g/mol. The van der Waals surface area contributed by atoms with Crippen LogP contribution in [0.25, 0.3) is 11.3 Å². The summed E-state index contributed by atoms with van der Waals surface area (Å²) in [6.45, 7) is 5.16. The molecule has 1 fully saturated rings. The lowest BCUT2D eigenvalue weighted by molar-refractivity contribution is 0.0660. The van der Waals surface area contributed by atoms with Gasteiger partial charge in [0.2, 0.25) is 0 Å². The molecule has 1 saturated heterocycles. The SMILES string of the molecule is Cc1onc(-c2ccccc2Cl)c1C(=O)N1CCCC(C(C)N)C1. The number of likely N-dealkylation sites (tertiary alicyclic amines) is 1. The summed E-state index contributed by atoms with van der Waals surface area (Å²) >= 11 is 6.27. The van der Waals surface area contributed by atoms with Gasteiger partial charge in [-0.25, -0.2) is 0 Å². The molecule has 2 N–H and O–H groups in total. The fourth-order valence-electron chi connectivity index (χ4n) is 3.24. The van der Waals surface area contributed by atoms with Gasteiger partial charge in [-0.2, -0.15) is 0 Å². The number of carbonyl (C=O) groups is 1. The van der Waals surface area contributed by atoms with E-state index in [-0.39, 0.29) is 11.9 Å². The zero-order chi connectivity index (χ0) is 17.3. The Labute approximate surface area is 146 Å². The lowest BCUT2D eigenvalue weighted by Crippen LogP contribution is -2.45. The molecule has 1 aromatic carbocycles. The Hall–Kier alpha value is -1.85. The van der Waals surface area contributed by atoms with Gasteiger partial charge in [0.15, 0.2) is 0 Å². The van der Waals surface area contributed by atoms with Crippen molar-refractivity contribution in [3.63, 3.8) is 0 Å². The zero-order valence-corrected chi connectivity index (χ0v) is 14.7. The summed E-state index contributed by atoms with van der Waals surface area (Å²) in [4.78, 5) is 15.0. The highest BCUT2D eigenvalue weighted by molar-refractivity contribution is 6.33. The molecule has 128 valence electrons. The van der Waals surface area contributed by atoms with Crippen LogP contribution >= 0.6 is 11.6 Å². The third-order valence-electron chi connectivity index (χ3n) is 4.69. The first-order chi connectivity index (χ1) is 11.5. The lowest BCUT2D eigenvalue weighted by atomic mass is 9.91. The summed E-state index contributed by atoms with van der Waals surface area (Å²) in [6, 6.07) is 7.41. The molecule has 0 spiro atoms. The van der Waals surface area contributed by atoms with Crippen molar-refractivity contribution in [2.75, 3.05) is 13.1 Å². The second-order valence-electron chi connectivity index (χ2n) is 6.45. The Balaban J connectivity index is 1.94. The zero-order valence-electron chi connectivity index (χ0n) is 14.0. The normalized spacial score (nSPS) is 19.3. The van der Waals surface area contributed by atoms with Gasteiger partial charge in [0.05, 0.1) is 5.02 Å². The Kier molecular flexibility index (Phi) is 4.92. The number of carbonyl (C=O) groups excluding carboxylic acids is 1. The number of nitrogens with two attached hydrogens (primary N) is 1. The van der Waals surface area contributed by atoms with E-state index in [1.165, 1.54) is 0 Å². The number of aromatic nitrogens is 1. The number of benzene rings is 1. The maximum atomic E-state index is 13.1. The third kappa shape index (κ3) is 3.19. The maximum Gasteiger partial charge on any atom is 0.259 e. The second kappa shape index (κ2) is 6.95. The molecule has 2 atom stereocenters. The van der Waals surface area contributed by atoms with E-state index in [9.17, 15) is 4.79 Å². The van der Waals surface area contributed by atoms with Crippen LogP contribution in [0.2, 0.25) is 5.02 Å². The number of piperidine rings is 1. The first-order valence-electron chi connectivity index (χ1n) is 8.25. The van der Waals surface area contributed by atoms with Crippen molar-refractivity contribution in [3.05, 3.63) is 40.6 Å². The molecule has 5 nitrogen and oxygen atoms in total. The number of nitrogens with zero attached hydrogens (tertiary/aromatic N) is 2. The Morgan fingerprint density at radius 1 is 1.46 bits per heavy atom. The predicted molar refractivity (Wildman–Crippen MR) is 94.0 cm³/mol. The minimum atomic E-state index is -0.0611. The third-order valence-corrected chi connectivity index (χ3v) is 5.02. The highest BCUT2D eigenvalue weighted by Gasteiger charge is 2.31. The van der Waals surface area contributed by atoms with E-state index in [4.69, 9.17) is 21.9 Å². The van der Waals surface area contributed by atoms with Crippen molar-refractivity contribution in [2.24, 2.45) is 11.7 Å². The molecular weight excluding hydrogens is 326 g/mol. The molecule has 6 heteroatoms. The second-order valence-corrected chi connectivity index (χ2v) is 6.86. The molecule has 2 heterocycles. The largest absolute Gasteiger partial charge is 0.360 e. The van der Waals surface area contributed by atoms with Crippen molar-refractivity contribution in [1.29, 1.82) is 0 Å². The molecule has 2 unspecified atom stereocenters. The summed E-state index contributed by atoms with van der Waals surface area (Å²) < 4.78 is 5.31. The summed E-state index contributed by atoms with van der Waals surface area (Å²) in [7, 11) is 0. The monoisotopic (exact) mass is 347 g/mol. The summed E-state index contributed by atoms with van der Waals surface area (Å²) in [5, 5.41) is 4.63. The molecule has 2 aromatic rings. The van der Waals surface area contributed by atoms with Gasteiger partial charge >= 0.3 is 0 Å². The quantitative estimate of drug-likeness (QED) is 0.922. The van der Waals surface area contributed by atoms with Gasteiger partial charge < -0.3 is 15.2 Å². The van der Waals surface area contributed by atoms with Gasteiger partial charge in [0.1, 0.15) is 17.0 Å². The smallest absolute Gasteiger partial charge is 0.259 e. The number of rotatable bonds is 3. The van der Waals surface area contributed by atoms with E-state index in [0.29, 0.717) is 40.1 Å². The lowest BCUT2D eigenvalue weighted by Gasteiger charge is -2.34. The molecule has 0 bridgehead atoms. The topological polar surface area (TPSA) is 72.4 Å². The predicted octanol–water partition coefficient (Wildman–Crippen LogP) is 3.50. The molecule has 1 aromatic heterocycles. The highest BCUT2D eigenvalue weighted by atomic mass is 35.5. The maximum absolute atomic E-state index is 13.1. The van der Waals surface area contributed by atoms with E-state index >= 15 is 0 Å². The molecular formula is C18H22ClN3O2. The van der Waals surface area contributed by atoms with Crippen LogP contribution in [0.1, 0.15) is 35.9 Å². The highest BCUT2D eigenvalue weighted by Crippen LogP contribution is 2.32. The van der Waals surface area contributed by atoms with E-state index in [1.54, 1.807) is 13.0 Å². The van der Waals surface area contributed by atoms with Gasteiger partial charge in [0, 0.05) is 24.7 Å². The minimum Gasteiger partial charge on any atom is -0.360 e. The minimum absolute atomic E-state index is 0.0611. The van der Waals surface area contributed by atoms with E-state index in [0.717, 1.165) is 19.4 Å². The molecule has 3 rings (SSSR count). The number of halogens is 1. The molecule has 0 radical (unpaired) electrons. The average Bonchev–Trinajstić information content (AvgIpc) is 2.96. The Morgan fingerprint density at radius 2 is 2.21 bits per heavy atom. The molecule has 1 aliphatic rings. The number of hydrogen-bond acceptors (Lipinski definition) is 4. The van der Waals surface area contributed by atoms with Crippen molar-refractivity contribution in [3.8, 4) is 11.3 Å². The van der Waals surface area contributed by atoms with E-state index in [2.05, 4.69) is 5.16 Å². The Morgan fingerprint density at radius 3 is 2.92 bits per heavy atom. The van der Waals surface area contributed by atoms with Crippen LogP contribution in [0.3, 0.4) is 0 Å². The van der Waals surface area contributed by atoms with Gasteiger partial charge in [-0.1, -0.05) is 35.0 Å². The van der Waals surface area contributed by atoms with Crippen LogP contribution in [0.4, 0.5) is 0 Å². The fourth-order valence-corrected chi connectivity index (χ4v) is 3.47. The molecule has 24 heavy (non-hydrogen) atoms. The van der Waals surface area contributed by atoms with E-state index in [1.807, 2.05) is 30.0 Å². The Bertz CT molecular complexity index is 742. The van der Waals surface area contributed by atoms with Crippen molar-refractivity contribution < 1.29 is 9.32 Å². The first kappa shape index (κ1) is 17.0. The van der Waals surface area contributed by atoms with Crippen molar-refractivity contribution in [1.82, 2.24) is 10.1 Å². The van der Waals surface area contributed by atoms with Gasteiger partial charge in [-0.3, -0.25) is 4.79 Å². The van der Waals surface area contributed by atoms with Gasteiger partial charge in [0.25, 0.3) is 5.91 Å². The van der Waals surface area contributed by atoms with Crippen LogP contribution in [0.5, 0.6) is 0 Å². The molecule has 0 aliphatic carbocycles. The van der Waals surface area contributed by atoms with Gasteiger partial charge in [-0.15, -0.1) is 0 Å². The van der Waals surface area contributed by atoms with Crippen LogP contribution in [0, 0.1) is 12.8 Å². The van der Waals surface area contributed by atoms with Crippen LogP contribution < -0.4 is 5.73 Å². The molecule has 0 saturated carbocycles. The van der Waals surface area contributed by atoms with Crippen molar-refractivity contribution in [2.45, 2.75) is 32.7 Å². The van der Waals surface area contributed by atoms with Crippen LogP contribution in [-0.4, -0.2) is 35.1 Å². The van der Waals surface area contributed by atoms with Gasteiger partial charge in [-0.05, 0) is 38.7 Å². The van der Waals surface area contributed by atoms with Crippen molar-refractivity contribution >= 4 is 17.5 Å². The molecule has 1 aliphatic heterocycles. The molecule has 1 amide bonds. The van der Waals surface area contributed by atoms with Crippen LogP contribution in [0.15, 0.2) is 28.8 Å². The number of hydrogen-bond donors (Lipinski definition) is 1. The summed E-state index contributed by atoms with van der Waals surface area (Å²) in [5.74, 6) is 0.776. The van der Waals surface area contributed by atoms with Crippen LogP contribution in [-0.2, 0) is 0 Å².